The molecule has 104 valence electrons. The van der Waals surface area contributed by atoms with Crippen molar-refractivity contribution >= 4 is 0 Å². The summed E-state index contributed by atoms with van der Waals surface area (Å²) in [6.45, 7) is 0.590. The summed E-state index contributed by atoms with van der Waals surface area (Å²) in [5.74, 6) is 0.892. The second kappa shape index (κ2) is 5.65. The minimum atomic E-state index is -0.00810. The summed E-state index contributed by atoms with van der Waals surface area (Å²) in [6, 6.07) is 16.3. The molecule has 0 spiro atoms. The molecule has 2 N–H and O–H groups in total. The van der Waals surface area contributed by atoms with E-state index in [1.165, 1.54) is 5.56 Å². The van der Waals surface area contributed by atoms with Gasteiger partial charge >= 0.3 is 0 Å². The van der Waals surface area contributed by atoms with Crippen molar-refractivity contribution in [3.63, 3.8) is 0 Å². The molecular formula is C17H19NO2. The molecule has 3 nitrogen and oxygen atoms in total. The van der Waals surface area contributed by atoms with E-state index in [-0.39, 0.29) is 12.1 Å². The van der Waals surface area contributed by atoms with Crippen LogP contribution in [0.15, 0.2) is 48.5 Å². The molecular weight excluding hydrogens is 250 g/mol. The number of rotatable bonds is 3. The quantitative estimate of drug-likeness (QED) is 0.929. The summed E-state index contributed by atoms with van der Waals surface area (Å²) < 4.78 is 11.4. The molecule has 0 aliphatic carbocycles. The first-order chi connectivity index (χ1) is 9.79. The summed E-state index contributed by atoms with van der Waals surface area (Å²) in [5, 5.41) is 0. The lowest BCUT2D eigenvalue weighted by atomic mass is 9.91. The molecule has 1 heterocycles. The third kappa shape index (κ3) is 2.42. The van der Waals surface area contributed by atoms with Gasteiger partial charge in [-0.3, -0.25) is 0 Å². The van der Waals surface area contributed by atoms with Gasteiger partial charge in [0.1, 0.15) is 11.9 Å². The highest BCUT2D eigenvalue weighted by molar-refractivity contribution is 5.40. The lowest BCUT2D eigenvalue weighted by Gasteiger charge is -2.31. The van der Waals surface area contributed by atoms with E-state index in [0.717, 1.165) is 23.3 Å². The standard InChI is InChI=1S/C17H19NO2/c1-19-11-12-6-2-3-7-13(12)17-10-15(18)14-8-4-5-9-16(14)20-17/h2-9,15,17H,10-11,18H2,1H3/t15-,17?/m0/s1. The van der Waals surface area contributed by atoms with Gasteiger partial charge in [-0.1, -0.05) is 42.5 Å². The molecule has 0 bridgehead atoms. The van der Waals surface area contributed by atoms with Crippen LogP contribution in [0.4, 0.5) is 0 Å². The number of hydrogen-bond donors (Lipinski definition) is 1. The van der Waals surface area contributed by atoms with Crippen LogP contribution in [-0.4, -0.2) is 7.11 Å². The first-order valence-electron chi connectivity index (χ1n) is 6.87. The number of ether oxygens (including phenoxy) is 2. The Morgan fingerprint density at radius 1 is 1.10 bits per heavy atom. The molecule has 2 aromatic carbocycles. The largest absolute Gasteiger partial charge is 0.485 e. The van der Waals surface area contributed by atoms with Crippen LogP contribution in [0.1, 0.15) is 35.3 Å². The average Bonchev–Trinajstić information content (AvgIpc) is 2.48. The van der Waals surface area contributed by atoms with Crippen molar-refractivity contribution in [1.82, 2.24) is 0 Å². The predicted molar refractivity (Wildman–Crippen MR) is 78.5 cm³/mol. The second-order valence-corrected chi connectivity index (χ2v) is 5.12. The molecule has 1 unspecified atom stereocenters. The van der Waals surface area contributed by atoms with Crippen LogP contribution in [0.2, 0.25) is 0 Å². The molecule has 0 radical (unpaired) electrons. The van der Waals surface area contributed by atoms with E-state index in [9.17, 15) is 0 Å². The highest BCUT2D eigenvalue weighted by Crippen LogP contribution is 2.40. The zero-order valence-electron chi connectivity index (χ0n) is 11.6. The van der Waals surface area contributed by atoms with Crippen LogP contribution < -0.4 is 10.5 Å². The summed E-state index contributed by atoms with van der Waals surface area (Å²) >= 11 is 0. The van der Waals surface area contributed by atoms with Crippen LogP contribution in [0.3, 0.4) is 0 Å². The topological polar surface area (TPSA) is 44.5 Å². The van der Waals surface area contributed by atoms with Crippen LogP contribution >= 0.6 is 0 Å². The minimum Gasteiger partial charge on any atom is -0.485 e. The Bertz CT molecular complexity index is 597. The van der Waals surface area contributed by atoms with Gasteiger partial charge in [0.25, 0.3) is 0 Å². The molecule has 0 fully saturated rings. The molecule has 1 aliphatic rings. The highest BCUT2D eigenvalue weighted by Gasteiger charge is 2.27. The molecule has 0 aromatic heterocycles. The number of fused-ring (bicyclic) bond motifs is 1. The van der Waals surface area contributed by atoms with Crippen LogP contribution in [0.25, 0.3) is 0 Å². The first kappa shape index (κ1) is 13.2. The van der Waals surface area contributed by atoms with Crippen molar-refractivity contribution in [2.24, 2.45) is 5.73 Å². The zero-order valence-corrected chi connectivity index (χ0v) is 11.6. The highest BCUT2D eigenvalue weighted by atomic mass is 16.5. The van der Waals surface area contributed by atoms with Crippen LogP contribution in [-0.2, 0) is 11.3 Å². The van der Waals surface area contributed by atoms with Crippen molar-refractivity contribution in [2.75, 3.05) is 7.11 Å². The molecule has 1 aliphatic heterocycles. The van der Waals surface area contributed by atoms with Gasteiger partial charge < -0.3 is 15.2 Å². The van der Waals surface area contributed by atoms with Gasteiger partial charge in [-0.2, -0.15) is 0 Å². The average molecular weight is 269 g/mol. The summed E-state index contributed by atoms with van der Waals surface area (Å²) in [5.41, 5.74) is 9.70. The van der Waals surface area contributed by atoms with E-state index in [2.05, 4.69) is 12.1 Å². The maximum absolute atomic E-state index is 6.29. The third-order valence-electron chi connectivity index (χ3n) is 3.76. The van der Waals surface area contributed by atoms with Crippen molar-refractivity contribution in [3.8, 4) is 5.75 Å². The van der Waals surface area contributed by atoms with E-state index in [1.807, 2.05) is 36.4 Å². The summed E-state index contributed by atoms with van der Waals surface area (Å²) in [4.78, 5) is 0. The van der Waals surface area contributed by atoms with E-state index in [4.69, 9.17) is 15.2 Å². The lowest BCUT2D eigenvalue weighted by molar-refractivity contribution is 0.151. The van der Waals surface area contributed by atoms with Crippen molar-refractivity contribution in [1.29, 1.82) is 0 Å². The summed E-state index contributed by atoms with van der Waals surface area (Å²) in [6.07, 6.45) is 0.781. The number of methoxy groups -OCH3 is 1. The van der Waals surface area contributed by atoms with Crippen molar-refractivity contribution in [3.05, 3.63) is 65.2 Å². The monoisotopic (exact) mass is 269 g/mol. The Balaban J connectivity index is 1.94. The number of nitrogens with two attached hydrogens (primary N) is 1. The molecule has 3 heteroatoms. The fraction of sp³-hybridized carbons (Fsp3) is 0.294. The number of hydrogen-bond acceptors (Lipinski definition) is 3. The molecule has 0 amide bonds. The Morgan fingerprint density at radius 2 is 1.80 bits per heavy atom. The van der Waals surface area contributed by atoms with Crippen molar-refractivity contribution in [2.45, 2.75) is 25.2 Å². The van der Waals surface area contributed by atoms with E-state index in [0.29, 0.717) is 6.61 Å². The molecule has 0 saturated carbocycles. The number of benzene rings is 2. The third-order valence-corrected chi connectivity index (χ3v) is 3.76. The van der Waals surface area contributed by atoms with E-state index >= 15 is 0 Å². The van der Waals surface area contributed by atoms with Gasteiger partial charge in [0.15, 0.2) is 0 Å². The maximum atomic E-state index is 6.29. The maximum Gasteiger partial charge on any atom is 0.126 e. The fourth-order valence-electron chi connectivity index (χ4n) is 2.78. The second-order valence-electron chi connectivity index (χ2n) is 5.12. The van der Waals surface area contributed by atoms with Gasteiger partial charge in [0.2, 0.25) is 0 Å². The Labute approximate surface area is 119 Å². The normalized spacial score (nSPS) is 21.1. The molecule has 3 rings (SSSR count). The van der Waals surface area contributed by atoms with Gasteiger partial charge in [-0.15, -0.1) is 0 Å². The van der Waals surface area contributed by atoms with Crippen LogP contribution in [0, 0.1) is 0 Å². The molecule has 2 aromatic rings. The van der Waals surface area contributed by atoms with Gasteiger partial charge in [0, 0.05) is 25.1 Å². The van der Waals surface area contributed by atoms with E-state index in [1.54, 1.807) is 7.11 Å². The Morgan fingerprint density at radius 3 is 2.60 bits per heavy atom. The van der Waals surface area contributed by atoms with Gasteiger partial charge in [-0.05, 0) is 17.2 Å². The predicted octanol–water partition coefficient (Wildman–Crippen LogP) is 3.36. The smallest absolute Gasteiger partial charge is 0.126 e. The Hall–Kier alpha value is -1.84. The SMILES string of the molecule is COCc1ccccc1C1C[C@H](N)c2ccccc2O1. The summed E-state index contributed by atoms with van der Waals surface area (Å²) in [7, 11) is 1.71. The van der Waals surface area contributed by atoms with Gasteiger partial charge in [0.05, 0.1) is 6.61 Å². The van der Waals surface area contributed by atoms with Crippen molar-refractivity contribution < 1.29 is 9.47 Å². The minimum absolute atomic E-state index is 0.00810. The molecule has 20 heavy (non-hydrogen) atoms. The molecule has 0 saturated heterocycles. The fourth-order valence-corrected chi connectivity index (χ4v) is 2.78. The van der Waals surface area contributed by atoms with E-state index < -0.39 is 0 Å². The van der Waals surface area contributed by atoms with Gasteiger partial charge in [-0.25, -0.2) is 0 Å². The Kier molecular flexibility index (Phi) is 3.72. The number of para-hydroxylation sites is 1. The first-order valence-corrected chi connectivity index (χ1v) is 6.87. The van der Waals surface area contributed by atoms with Crippen LogP contribution in [0.5, 0.6) is 5.75 Å². The lowest BCUT2D eigenvalue weighted by Crippen LogP contribution is -2.24. The zero-order chi connectivity index (χ0) is 13.9. The molecule has 2 atom stereocenters.